The number of amides is 1. The Morgan fingerprint density at radius 3 is 2.04 bits per heavy atom. The molecular formula is C13H6Cl2N4O7. The molecule has 0 saturated carbocycles. The molecule has 0 unspecified atom stereocenters. The standard InChI is InChI=1S/C13H6Cl2N4O7/c14-9-2-1-6(17(21)22)4-10(9)16-13(20)8-3-7(18(23)24)5-11(12(8)15)19(25)26/h1-5H,(H,16,20). The van der Waals surface area contributed by atoms with Gasteiger partial charge in [-0.05, 0) is 6.07 Å². The highest BCUT2D eigenvalue weighted by atomic mass is 35.5. The van der Waals surface area contributed by atoms with Crippen LogP contribution in [-0.2, 0) is 0 Å². The summed E-state index contributed by atoms with van der Waals surface area (Å²) in [5.74, 6) is -1.07. The highest BCUT2D eigenvalue weighted by Gasteiger charge is 2.27. The second kappa shape index (κ2) is 7.29. The summed E-state index contributed by atoms with van der Waals surface area (Å²) in [6.07, 6.45) is 0. The van der Waals surface area contributed by atoms with Gasteiger partial charge in [-0.3, -0.25) is 35.1 Å². The fourth-order valence-electron chi connectivity index (χ4n) is 1.91. The third kappa shape index (κ3) is 3.84. The Balaban J connectivity index is 2.50. The summed E-state index contributed by atoms with van der Waals surface area (Å²) >= 11 is 11.6. The van der Waals surface area contributed by atoms with E-state index in [9.17, 15) is 35.1 Å². The first-order valence-corrected chi connectivity index (χ1v) is 7.25. The summed E-state index contributed by atoms with van der Waals surface area (Å²) in [6.45, 7) is 0. The van der Waals surface area contributed by atoms with Gasteiger partial charge in [0.15, 0.2) is 0 Å². The molecule has 2 aromatic rings. The molecule has 0 heterocycles. The zero-order valence-electron chi connectivity index (χ0n) is 12.3. The number of nitrogens with one attached hydrogen (secondary N) is 1. The molecule has 0 radical (unpaired) electrons. The van der Waals surface area contributed by atoms with E-state index in [0.29, 0.717) is 6.07 Å². The number of carbonyl (C=O) groups excluding carboxylic acids is 1. The number of anilines is 1. The molecule has 0 aromatic heterocycles. The molecular weight excluding hydrogens is 395 g/mol. The van der Waals surface area contributed by atoms with Crippen molar-refractivity contribution in [1.29, 1.82) is 0 Å². The van der Waals surface area contributed by atoms with Crippen molar-refractivity contribution >= 4 is 51.9 Å². The second-order valence-corrected chi connectivity index (χ2v) is 5.50. The van der Waals surface area contributed by atoms with Crippen LogP contribution in [0.2, 0.25) is 10.0 Å². The van der Waals surface area contributed by atoms with Crippen LogP contribution >= 0.6 is 23.2 Å². The number of nitro groups is 3. The molecule has 2 aromatic carbocycles. The van der Waals surface area contributed by atoms with Gasteiger partial charge in [-0.15, -0.1) is 0 Å². The Kier molecular flexibility index (Phi) is 5.33. The molecule has 0 aliphatic carbocycles. The van der Waals surface area contributed by atoms with Gasteiger partial charge in [0.05, 0.1) is 37.1 Å². The number of carbonyl (C=O) groups is 1. The zero-order chi connectivity index (χ0) is 19.6. The van der Waals surface area contributed by atoms with Crippen molar-refractivity contribution in [2.45, 2.75) is 0 Å². The Morgan fingerprint density at radius 2 is 1.50 bits per heavy atom. The highest BCUT2D eigenvalue weighted by Crippen LogP contribution is 2.34. The van der Waals surface area contributed by atoms with Crippen LogP contribution in [0.3, 0.4) is 0 Å². The van der Waals surface area contributed by atoms with E-state index in [4.69, 9.17) is 23.2 Å². The van der Waals surface area contributed by atoms with E-state index in [1.807, 2.05) is 0 Å². The first kappa shape index (κ1) is 19.0. The van der Waals surface area contributed by atoms with Crippen LogP contribution in [0.5, 0.6) is 0 Å². The summed E-state index contributed by atoms with van der Waals surface area (Å²) in [5.41, 5.74) is -2.67. The Hall–Kier alpha value is -3.31. The lowest BCUT2D eigenvalue weighted by atomic mass is 10.1. The van der Waals surface area contributed by atoms with E-state index in [-0.39, 0.29) is 16.4 Å². The minimum atomic E-state index is -1.07. The van der Waals surface area contributed by atoms with Crippen LogP contribution in [0, 0.1) is 30.3 Å². The minimum absolute atomic E-state index is 0.0556. The van der Waals surface area contributed by atoms with Crippen LogP contribution in [0.25, 0.3) is 0 Å². The number of hydrogen-bond donors (Lipinski definition) is 1. The summed E-state index contributed by atoms with van der Waals surface area (Å²) < 4.78 is 0. The molecule has 26 heavy (non-hydrogen) atoms. The van der Waals surface area contributed by atoms with Gasteiger partial charge in [-0.1, -0.05) is 23.2 Å². The third-order valence-electron chi connectivity index (χ3n) is 3.10. The number of benzene rings is 2. The van der Waals surface area contributed by atoms with E-state index in [1.165, 1.54) is 0 Å². The lowest BCUT2D eigenvalue weighted by molar-refractivity contribution is -0.394. The molecule has 0 saturated heterocycles. The number of non-ortho nitro benzene ring substituents is 2. The van der Waals surface area contributed by atoms with Gasteiger partial charge >= 0.3 is 0 Å². The minimum Gasteiger partial charge on any atom is -0.320 e. The zero-order valence-corrected chi connectivity index (χ0v) is 13.9. The predicted octanol–water partition coefficient (Wildman–Crippen LogP) is 3.97. The van der Waals surface area contributed by atoms with Gasteiger partial charge in [0.2, 0.25) is 0 Å². The third-order valence-corrected chi connectivity index (χ3v) is 3.83. The van der Waals surface area contributed by atoms with Crippen molar-refractivity contribution in [3.8, 4) is 0 Å². The summed E-state index contributed by atoms with van der Waals surface area (Å²) in [5, 5.41) is 34.2. The van der Waals surface area contributed by atoms with E-state index < -0.39 is 42.6 Å². The molecule has 0 fully saturated rings. The van der Waals surface area contributed by atoms with Crippen LogP contribution in [-0.4, -0.2) is 20.7 Å². The van der Waals surface area contributed by atoms with Crippen LogP contribution in [0.15, 0.2) is 30.3 Å². The van der Waals surface area contributed by atoms with Crippen LogP contribution in [0.1, 0.15) is 10.4 Å². The lowest BCUT2D eigenvalue weighted by Crippen LogP contribution is -2.14. The Bertz CT molecular complexity index is 964. The number of hydrogen-bond acceptors (Lipinski definition) is 7. The number of halogens is 2. The SMILES string of the molecule is O=C(Nc1cc([N+](=O)[O-])ccc1Cl)c1cc([N+](=O)[O-])cc([N+](=O)[O-])c1Cl. The molecule has 13 heteroatoms. The molecule has 0 spiro atoms. The van der Waals surface area contributed by atoms with Crippen molar-refractivity contribution in [2.24, 2.45) is 0 Å². The molecule has 0 bridgehead atoms. The molecule has 0 aliphatic rings. The number of nitrogens with zero attached hydrogens (tertiary/aromatic N) is 3. The second-order valence-electron chi connectivity index (χ2n) is 4.72. The first-order valence-electron chi connectivity index (χ1n) is 6.49. The molecule has 2 rings (SSSR count). The molecule has 0 atom stereocenters. The van der Waals surface area contributed by atoms with E-state index >= 15 is 0 Å². The van der Waals surface area contributed by atoms with Crippen LogP contribution in [0.4, 0.5) is 22.7 Å². The molecule has 0 aliphatic heterocycles. The van der Waals surface area contributed by atoms with Gasteiger partial charge in [0.25, 0.3) is 23.0 Å². The molecule has 1 N–H and O–H groups in total. The molecule has 11 nitrogen and oxygen atoms in total. The maximum atomic E-state index is 12.3. The van der Waals surface area contributed by atoms with Crippen molar-refractivity contribution in [3.05, 3.63) is 76.3 Å². The van der Waals surface area contributed by atoms with Crippen molar-refractivity contribution in [2.75, 3.05) is 5.32 Å². The normalized spacial score (nSPS) is 10.2. The van der Waals surface area contributed by atoms with Crippen LogP contribution < -0.4 is 5.32 Å². The maximum Gasteiger partial charge on any atom is 0.295 e. The van der Waals surface area contributed by atoms with Crippen molar-refractivity contribution in [1.82, 2.24) is 0 Å². The largest absolute Gasteiger partial charge is 0.320 e. The summed E-state index contributed by atoms with van der Waals surface area (Å²) in [6, 6.07) is 4.57. The topological polar surface area (TPSA) is 159 Å². The van der Waals surface area contributed by atoms with E-state index in [0.717, 1.165) is 24.3 Å². The van der Waals surface area contributed by atoms with Gasteiger partial charge in [-0.25, -0.2) is 0 Å². The first-order chi connectivity index (χ1) is 12.1. The average Bonchev–Trinajstić information content (AvgIpc) is 2.56. The monoisotopic (exact) mass is 400 g/mol. The van der Waals surface area contributed by atoms with E-state index in [2.05, 4.69) is 5.32 Å². The van der Waals surface area contributed by atoms with Crippen molar-refractivity contribution in [3.63, 3.8) is 0 Å². The van der Waals surface area contributed by atoms with Gasteiger partial charge in [0.1, 0.15) is 5.02 Å². The highest BCUT2D eigenvalue weighted by molar-refractivity contribution is 6.37. The Morgan fingerprint density at radius 1 is 0.885 bits per heavy atom. The number of nitro benzene ring substituents is 3. The smallest absolute Gasteiger partial charge is 0.295 e. The molecule has 1 amide bonds. The van der Waals surface area contributed by atoms with Gasteiger partial charge < -0.3 is 5.32 Å². The average molecular weight is 401 g/mol. The van der Waals surface area contributed by atoms with E-state index in [1.54, 1.807) is 0 Å². The quantitative estimate of drug-likeness (QED) is 0.586. The fourth-order valence-corrected chi connectivity index (χ4v) is 2.34. The predicted molar refractivity (Wildman–Crippen MR) is 90.8 cm³/mol. The van der Waals surface area contributed by atoms with Gasteiger partial charge in [-0.2, -0.15) is 0 Å². The summed E-state index contributed by atoms with van der Waals surface area (Å²) in [7, 11) is 0. The van der Waals surface area contributed by atoms with Crippen molar-refractivity contribution < 1.29 is 19.6 Å². The maximum absolute atomic E-state index is 12.3. The molecule has 134 valence electrons. The Labute approximate surface area is 153 Å². The lowest BCUT2D eigenvalue weighted by Gasteiger charge is -2.08. The summed E-state index contributed by atoms with van der Waals surface area (Å²) in [4.78, 5) is 42.4. The van der Waals surface area contributed by atoms with Gasteiger partial charge in [0, 0.05) is 18.2 Å². The fraction of sp³-hybridized carbons (Fsp3) is 0. The number of rotatable bonds is 5.